The van der Waals surface area contributed by atoms with Gasteiger partial charge in [-0.05, 0) is 37.1 Å². The number of carbonyl (C=O) groups is 1. The molecule has 0 aliphatic carbocycles. The fourth-order valence-electron chi connectivity index (χ4n) is 2.05. The van der Waals surface area contributed by atoms with E-state index >= 15 is 0 Å². The van der Waals surface area contributed by atoms with Crippen LogP contribution in [0.15, 0.2) is 42.5 Å². The number of carbonyl (C=O) groups excluding carboxylic acids is 1. The summed E-state index contributed by atoms with van der Waals surface area (Å²) in [6, 6.07) is 12.3. The molecule has 0 fully saturated rings. The van der Waals surface area contributed by atoms with Crippen molar-refractivity contribution in [1.29, 1.82) is 0 Å². The molecule has 2 aromatic carbocycles. The van der Waals surface area contributed by atoms with Crippen LogP contribution in [-0.2, 0) is 6.54 Å². The van der Waals surface area contributed by atoms with Crippen LogP contribution < -0.4 is 5.32 Å². The first-order chi connectivity index (χ1) is 9.99. The number of benzene rings is 2. The summed E-state index contributed by atoms with van der Waals surface area (Å²) >= 11 is 0. The van der Waals surface area contributed by atoms with Gasteiger partial charge in [-0.15, -0.1) is 0 Å². The van der Waals surface area contributed by atoms with Crippen LogP contribution in [0.2, 0.25) is 0 Å². The van der Waals surface area contributed by atoms with Gasteiger partial charge in [0, 0.05) is 18.2 Å². The second-order valence-electron chi connectivity index (χ2n) is 4.83. The number of nitro groups is 1. The molecule has 0 amide bonds. The molecular formula is C16H16N2O3. The topological polar surface area (TPSA) is 72.2 Å². The van der Waals surface area contributed by atoms with E-state index in [9.17, 15) is 14.9 Å². The number of nitro benzene ring substituents is 1. The molecule has 0 aliphatic rings. The lowest BCUT2D eigenvalue weighted by Gasteiger charge is -2.10. The maximum absolute atomic E-state index is 11.3. The molecule has 1 N–H and O–H groups in total. The van der Waals surface area contributed by atoms with Crippen molar-refractivity contribution in [1.82, 2.24) is 0 Å². The number of hydrogen-bond donors (Lipinski definition) is 1. The van der Waals surface area contributed by atoms with Crippen LogP contribution in [0.3, 0.4) is 0 Å². The lowest BCUT2D eigenvalue weighted by molar-refractivity contribution is -0.384. The van der Waals surface area contributed by atoms with E-state index < -0.39 is 4.92 Å². The molecular weight excluding hydrogens is 268 g/mol. The van der Waals surface area contributed by atoms with E-state index in [4.69, 9.17) is 0 Å². The van der Waals surface area contributed by atoms with Crippen molar-refractivity contribution >= 4 is 17.2 Å². The van der Waals surface area contributed by atoms with Gasteiger partial charge in [-0.3, -0.25) is 14.9 Å². The Hall–Kier alpha value is -2.69. The van der Waals surface area contributed by atoms with E-state index in [1.165, 1.54) is 13.0 Å². The van der Waals surface area contributed by atoms with Crippen molar-refractivity contribution in [2.45, 2.75) is 20.4 Å². The molecule has 0 saturated heterocycles. The Balaban J connectivity index is 2.26. The summed E-state index contributed by atoms with van der Waals surface area (Å²) in [4.78, 5) is 22.0. The highest BCUT2D eigenvalue weighted by molar-refractivity contribution is 5.95. The van der Waals surface area contributed by atoms with Gasteiger partial charge in [-0.1, -0.05) is 24.3 Å². The first-order valence-corrected chi connectivity index (χ1v) is 6.57. The lowest BCUT2D eigenvalue weighted by Crippen LogP contribution is -2.05. The Morgan fingerprint density at radius 2 is 1.95 bits per heavy atom. The smallest absolute Gasteiger partial charge is 0.293 e. The zero-order valence-corrected chi connectivity index (χ0v) is 11.9. The number of nitrogens with zero attached hydrogens (tertiary/aromatic N) is 1. The van der Waals surface area contributed by atoms with Crippen LogP contribution in [0.5, 0.6) is 0 Å². The molecule has 21 heavy (non-hydrogen) atoms. The normalized spacial score (nSPS) is 10.2. The average molecular weight is 284 g/mol. The molecule has 0 unspecified atom stereocenters. The molecule has 0 spiro atoms. The summed E-state index contributed by atoms with van der Waals surface area (Å²) in [7, 11) is 0. The molecule has 0 saturated carbocycles. The van der Waals surface area contributed by atoms with Crippen molar-refractivity contribution < 1.29 is 9.72 Å². The van der Waals surface area contributed by atoms with Crippen LogP contribution in [-0.4, -0.2) is 10.7 Å². The molecule has 2 aromatic rings. The number of aryl methyl sites for hydroxylation is 1. The number of hydrogen-bond acceptors (Lipinski definition) is 4. The van der Waals surface area contributed by atoms with Gasteiger partial charge in [-0.25, -0.2) is 0 Å². The molecule has 108 valence electrons. The van der Waals surface area contributed by atoms with E-state index in [0.717, 1.165) is 11.1 Å². The number of anilines is 1. The molecule has 0 aromatic heterocycles. The van der Waals surface area contributed by atoms with Crippen LogP contribution >= 0.6 is 0 Å². The van der Waals surface area contributed by atoms with Gasteiger partial charge < -0.3 is 5.32 Å². The van der Waals surface area contributed by atoms with Crippen molar-refractivity contribution in [3.63, 3.8) is 0 Å². The standard InChI is InChI=1S/C16H16N2O3/c1-11-5-3-4-6-14(11)10-17-15-8-7-13(12(2)19)9-16(15)18(20)21/h3-9,17H,10H2,1-2H3. The second kappa shape index (κ2) is 6.17. The van der Waals surface area contributed by atoms with E-state index in [-0.39, 0.29) is 11.5 Å². The van der Waals surface area contributed by atoms with Crippen molar-refractivity contribution in [3.8, 4) is 0 Å². The maximum Gasteiger partial charge on any atom is 0.293 e. The molecule has 0 aliphatic heterocycles. The second-order valence-corrected chi connectivity index (χ2v) is 4.83. The molecule has 5 heteroatoms. The van der Waals surface area contributed by atoms with Gasteiger partial charge in [0.1, 0.15) is 5.69 Å². The Kier molecular flexibility index (Phi) is 4.33. The highest BCUT2D eigenvalue weighted by Gasteiger charge is 2.16. The minimum atomic E-state index is -0.480. The zero-order chi connectivity index (χ0) is 15.4. The summed E-state index contributed by atoms with van der Waals surface area (Å²) < 4.78 is 0. The summed E-state index contributed by atoms with van der Waals surface area (Å²) in [5.41, 5.74) is 2.85. The van der Waals surface area contributed by atoms with Gasteiger partial charge in [0.05, 0.1) is 4.92 Å². The minimum absolute atomic E-state index is 0.0868. The number of rotatable bonds is 5. The molecule has 0 atom stereocenters. The minimum Gasteiger partial charge on any atom is -0.375 e. The van der Waals surface area contributed by atoms with Crippen LogP contribution in [0.1, 0.15) is 28.4 Å². The summed E-state index contributed by atoms with van der Waals surface area (Å²) in [5.74, 6) is -0.191. The third-order valence-corrected chi connectivity index (χ3v) is 3.33. The lowest BCUT2D eigenvalue weighted by atomic mass is 10.1. The first kappa shape index (κ1) is 14.7. The average Bonchev–Trinajstić information content (AvgIpc) is 2.46. The largest absolute Gasteiger partial charge is 0.375 e. The molecule has 0 radical (unpaired) electrons. The van der Waals surface area contributed by atoms with E-state index in [2.05, 4.69) is 5.32 Å². The molecule has 2 rings (SSSR count). The number of ketones is 1. The van der Waals surface area contributed by atoms with Gasteiger partial charge in [-0.2, -0.15) is 0 Å². The summed E-state index contributed by atoms with van der Waals surface area (Å²) in [5, 5.41) is 14.2. The van der Waals surface area contributed by atoms with Crippen LogP contribution in [0.25, 0.3) is 0 Å². The molecule has 5 nitrogen and oxygen atoms in total. The summed E-state index contributed by atoms with van der Waals surface area (Å²) in [6.07, 6.45) is 0. The third-order valence-electron chi connectivity index (χ3n) is 3.33. The fraction of sp³-hybridized carbons (Fsp3) is 0.188. The highest BCUT2D eigenvalue weighted by Crippen LogP contribution is 2.26. The maximum atomic E-state index is 11.3. The van der Waals surface area contributed by atoms with Crippen LogP contribution in [0.4, 0.5) is 11.4 Å². The van der Waals surface area contributed by atoms with Crippen LogP contribution in [0, 0.1) is 17.0 Å². The summed E-state index contributed by atoms with van der Waals surface area (Å²) in [6.45, 7) is 3.87. The Morgan fingerprint density at radius 1 is 1.24 bits per heavy atom. The van der Waals surface area contributed by atoms with Crippen molar-refractivity contribution in [2.24, 2.45) is 0 Å². The van der Waals surface area contributed by atoms with E-state index in [1.54, 1.807) is 12.1 Å². The van der Waals surface area contributed by atoms with Gasteiger partial charge in [0.15, 0.2) is 5.78 Å². The fourth-order valence-corrected chi connectivity index (χ4v) is 2.05. The highest BCUT2D eigenvalue weighted by atomic mass is 16.6. The first-order valence-electron chi connectivity index (χ1n) is 6.57. The van der Waals surface area contributed by atoms with E-state index in [0.29, 0.717) is 17.8 Å². The van der Waals surface area contributed by atoms with Gasteiger partial charge >= 0.3 is 0 Å². The monoisotopic (exact) mass is 284 g/mol. The van der Waals surface area contributed by atoms with Gasteiger partial charge in [0.25, 0.3) is 5.69 Å². The number of nitrogens with one attached hydrogen (secondary N) is 1. The van der Waals surface area contributed by atoms with E-state index in [1.807, 2.05) is 31.2 Å². The quantitative estimate of drug-likeness (QED) is 0.516. The predicted octanol–water partition coefficient (Wildman–Crippen LogP) is 3.72. The number of Topliss-reactive ketones (excluding diaryl/α,β-unsaturated/α-hetero) is 1. The Labute approximate surface area is 122 Å². The molecule has 0 heterocycles. The zero-order valence-electron chi connectivity index (χ0n) is 11.9. The van der Waals surface area contributed by atoms with Crippen molar-refractivity contribution in [2.75, 3.05) is 5.32 Å². The SMILES string of the molecule is CC(=O)c1ccc(NCc2ccccc2C)c([N+](=O)[O-])c1. The molecule has 0 bridgehead atoms. The van der Waals surface area contributed by atoms with Crippen molar-refractivity contribution in [3.05, 3.63) is 69.3 Å². The van der Waals surface area contributed by atoms with Gasteiger partial charge in [0.2, 0.25) is 0 Å². The Morgan fingerprint density at radius 3 is 2.57 bits per heavy atom. The third kappa shape index (κ3) is 3.45. The predicted molar refractivity (Wildman–Crippen MR) is 81.6 cm³/mol. The Bertz CT molecular complexity index is 696.